The minimum atomic E-state index is -0.180. The summed E-state index contributed by atoms with van der Waals surface area (Å²) < 4.78 is 0. The average molecular weight is 423 g/mol. The van der Waals surface area contributed by atoms with Crippen LogP contribution in [0.2, 0.25) is 0 Å². The molecule has 1 atom stereocenters. The summed E-state index contributed by atoms with van der Waals surface area (Å²) in [6.07, 6.45) is 2.52. The standard InChI is InChI=1S/C15H18N4O2S2.2ClH/c16-11(9-3-4-9)7-17-13(20)6-10-8-23-15(18-10)19-14(21)12-2-1-5-22-12;;/h1-2,5,8-9,11H,3-4,6-7,16H2,(H,17,20)(H,18,19,21);2*1H. The van der Waals surface area contributed by atoms with Gasteiger partial charge in [-0.25, -0.2) is 4.98 Å². The second-order valence-electron chi connectivity index (χ2n) is 5.56. The summed E-state index contributed by atoms with van der Waals surface area (Å²) in [5.74, 6) is 0.289. The monoisotopic (exact) mass is 422 g/mol. The van der Waals surface area contributed by atoms with Crippen molar-refractivity contribution in [3.05, 3.63) is 33.5 Å². The van der Waals surface area contributed by atoms with Gasteiger partial charge in [-0.2, -0.15) is 0 Å². The van der Waals surface area contributed by atoms with Crippen molar-refractivity contribution in [2.24, 2.45) is 11.7 Å². The summed E-state index contributed by atoms with van der Waals surface area (Å²) in [6, 6.07) is 3.63. The molecule has 2 aromatic heterocycles. The average Bonchev–Trinajstić information content (AvgIpc) is 3.05. The summed E-state index contributed by atoms with van der Waals surface area (Å²) in [4.78, 5) is 28.7. The van der Waals surface area contributed by atoms with Gasteiger partial charge >= 0.3 is 0 Å². The Hall–Kier alpha value is -1.19. The first-order valence-electron chi connectivity index (χ1n) is 7.43. The smallest absolute Gasteiger partial charge is 0.267 e. The van der Waals surface area contributed by atoms with Crippen molar-refractivity contribution < 1.29 is 9.59 Å². The lowest BCUT2D eigenvalue weighted by molar-refractivity contribution is -0.120. The highest BCUT2D eigenvalue weighted by atomic mass is 35.5. The Bertz CT molecular complexity index is 690. The number of rotatable bonds is 7. The van der Waals surface area contributed by atoms with Crippen molar-refractivity contribution >= 4 is 64.4 Å². The lowest BCUT2D eigenvalue weighted by Crippen LogP contribution is -2.39. The van der Waals surface area contributed by atoms with Crippen LogP contribution in [0.4, 0.5) is 5.13 Å². The molecule has 0 aliphatic heterocycles. The van der Waals surface area contributed by atoms with Gasteiger partial charge in [-0.15, -0.1) is 47.5 Å². The Morgan fingerprint density at radius 1 is 1.32 bits per heavy atom. The van der Waals surface area contributed by atoms with Crippen LogP contribution < -0.4 is 16.4 Å². The van der Waals surface area contributed by atoms with Crippen LogP contribution >= 0.6 is 47.5 Å². The van der Waals surface area contributed by atoms with Crippen molar-refractivity contribution in [1.29, 1.82) is 0 Å². The minimum Gasteiger partial charge on any atom is -0.354 e. The van der Waals surface area contributed by atoms with E-state index in [9.17, 15) is 9.59 Å². The molecule has 2 heterocycles. The van der Waals surface area contributed by atoms with Crippen LogP contribution in [0.15, 0.2) is 22.9 Å². The number of carbonyl (C=O) groups is 2. The molecule has 1 unspecified atom stereocenters. The van der Waals surface area contributed by atoms with Gasteiger partial charge in [0.25, 0.3) is 5.91 Å². The molecule has 1 aliphatic carbocycles. The first-order valence-corrected chi connectivity index (χ1v) is 9.19. The molecule has 2 amide bonds. The van der Waals surface area contributed by atoms with Crippen LogP contribution in [0, 0.1) is 5.92 Å². The highest BCUT2D eigenvalue weighted by molar-refractivity contribution is 7.14. The van der Waals surface area contributed by atoms with Crippen LogP contribution in [0.3, 0.4) is 0 Å². The van der Waals surface area contributed by atoms with Crippen molar-refractivity contribution in [2.75, 3.05) is 11.9 Å². The largest absolute Gasteiger partial charge is 0.354 e. The number of anilines is 1. The van der Waals surface area contributed by atoms with Crippen molar-refractivity contribution in [1.82, 2.24) is 10.3 Å². The van der Waals surface area contributed by atoms with Gasteiger partial charge < -0.3 is 11.1 Å². The molecule has 4 N–H and O–H groups in total. The van der Waals surface area contributed by atoms with E-state index < -0.39 is 0 Å². The quantitative estimate of drug-likeness (QED) is 0.638. The molecule has 0 bridgehead atoms. The molecule has 1 aliphatic rings. The third kappa shape index (κ3) is 6.56. The molecule has 1 saturated carbocycles. The number of amides is 2. The summed E-state index contributed by atoms with van der Waals surface area (Å²) >= 11 is 2.69. The molecule has 0 aromatic carbocycles. The van der Waals surface area contributed by atoms with E-state index in [-0.39, 0.29) is 49.1 Å². The Morgan fingerprint density at radius 2 is 2.08 bits per heavy atom. The van der Waals surface area contributed by atoms with E-state index in [1.165, 1.54) is 22.7 Å². The molecule has 3 rings (SSSR count). The number of nitrogens with one attached hydrogen (secondary N) is 2. The third-order valence-electron chi connectivity index (χ3n) is 3.62. The van der Waals surface area contributed by atoms with Gasteiger partial charge in [-0.05, 0) is 30.2 Å². The van der Waals surface area contributed by atoms with Crippen molar-refractivity contribution in [3.8, 4) is 0 Å². The zero-order chi connectivity index (χ0) is 16.2. The Kier molecular flexibility index (Phi) is 8.81. The van der Waals surface area contributed by atoms with Crippen LogP contribution in [0.5, 0.6) is 0 Å². The molecule has 25 heavy (non-hydrogen) atoms. The van der Waals surface area contributed by atoms with Gasteiger partial charge in [-0.3, -0.25) is 14.9 Å². The number of halogens is 2. The Labute approximate surface area is 166 Å². The van der Waals surface area contributed by atoms with Crippen LogP contribution in [0.1, 0.15) is 28.2 Å². The fourth-order valence-electron chi connectivity index (χ4n) is 2.16. The molecular formula is C15H20Cl2N4O2S2. The summed E-state index contributed by atoms with van der Waals surface area (Å²) in [7, 11) is 0. The van der Waals surface area contributed by atoms with E-state index in [1.807, 2.05) is 11.4 Å². The summed E-state index contributed by atoms with van der Waals surface area (Å²) in [5.41, 5.74) is 6.60. The highest BCUT2D eigenvalue weighted by Crippen LogP contribution is 2.31. The zero-order valence-electron chi connectivity index (χ0n) is 13.3. The van der Waals surface area contributed by atoms with E-state index in [1.54, 1.807) is 11.4 Å². The summed E-state index contributed by atoms with van der Waals surface area (Å²) in [6.45, 7) is 0.510. The second kappa shape index (κ2) is 10.1. The normalized spacial score (nSPS) is 14.0. The third-order valence-corrected chi connectivity index (χ3v) is 5.30. The number of nitrogens with two attached hydrogens (primary N) is 1. The van der Waals surface area contributed by atoms with Crippen LogP contribution in [-0.2, 0) is 11.2 Å². The predicted molar refractivity (Wildman–Crippen MR) is 106 cm³/mol. The van der Waals surface area contributed by atoms with Crippen molar-refractivity contribution in [3.63, 3.8) is 0 Å². The van der Waals surface area contributed by atoms with Crippen LogP contribution in [-0.4, -0.2) is 29.4 Å². The van der Waals surface area contributed by atoms with E-state index in [0.717, 1.165) is 12.8 Å². The number of hydrogen-bond acceptors (Lipinski definition) is 6. The van der Waals surface area contributed by atoms with Crippen molar-refractivity contribution in [2.45, 2.75) is 25.3 Å². The molecule has 0 saturated heterocycles. The molecule has 0 radical (unpaired) electrons. The maximum atomic E-state index is 11.9. The van der Waals surface area contributed by atoms with Gasteiger partial charge in [0.05, 0.1) is 17.0 Å². The number of hydrogen-bond donors (Lipinski definition) is 3. The lowest BCUT2D eigenvalue weighted by Gasteiger charge is -2.10. The number of nitrogens with zero attached hydrogens (tertiary/aromatic N) is 1. The zero-order valence-corrected chi connectivity index (χ0v) is 16.5. The topological polar surface area (TPSA) is 97.1 Å². The number of carbonyl (C=O) groups excluding carboxylic acids is 2. The highest BCUT2D eigenvalue weighted by Gasteiger charge is 2.28. The SMILES string of the molecule is Cl.Cl.NC(CNC(=O)Cc1csc(NC(=O)c2cccs2)n1)C1CC1. The number of aromatic nitrogens is 1. The Balaban J connectivity index is 0.00000156. The maximum absolute atomic E-state index is 11.9. The molecule has 138 valence electrons. The van der Waals surface area contributed by atoms with Gasteiger partial charge in [0, 0.05) is 18.0 Å². The Morgan fingerprint density at radius 3 is 2.72 bits per heavy atom. The molecule has 0 spiro atoms. The van der Waals surface area contributed by atoms with Gasteiger partial charge in [0.15, 0.2) is 5.13 Å². The predicted octanol–water partition coefficient (Wildman–Crippen LogP) is 2.70. The fraction of sp³-hybridized carbons (Fsp3) is 0.400. The van der Waals surface area contributed by atoms with Gasteiger partial charge in [0.2, 0.25) is 5.91 Å². The minimum absolute atomic E-state index is 0. The van der Waals surface area contributed by atoms with E-state index >= 15 is 0 Å². The molecular weight excluding hydrogens is 403 g/mol. The number of thiazole rings is 1. The van der Waals surface area contributed by atoms with Gasteiger partial charge in [0.1, 0.15) is 0 Å². The molecule has 1 fully saturated rings. The summed E-state index contributed by atoms with van der Waals surface area (Å²) in [5, 5.41) is 9.71. The first kappa shape index (κ1) is 21.9. The molecule has 6 nitrogen and oxygen atoms in total. The molecule has 2 aromatic rings. The fourth-order valence-corrected chi connectivity index (χ4v) is 3.49. The van der Waals surface area contributed by atoms with Gasteiger partial charge in [-0.1, -0.05) is 6.07 Å². The van der Waals surface area contributed by atoms with E-state index in [4.69, 9.17) is 5.73 Å². The second-order valence-corrected chi connectivity index (χ2v) is 7.36. The maximum Gasteiger partial charge on any atom is 0.267 e. The van der Waals surface area contributed by atoms with E-state index in [0.29, 0.717) is 28.2 Å². The van der Waals surface area contributed by atoms with Crippen LogP contribution in [0.25, 0.3) is 0 Å². The van der Waals surface area contributed by atoms with E-state index in [2.05, 4.69) is 15.6 Å². The lowest BCUT2D eigenvalue weighted by atomic mass is 10.2. The number of thiophene rings is 1. The first-order chi connectivity index (χ1) is 11.1. The molecule has 10 heteroatoms.